The van der Waals surface area contributed by atoms with Crippen molar-refractivity contribution in [1.29, 1.82) is 0 Å². The van der Waals surface area contributed by atoms with Gasteiger partial charge in [0.1, 0.15) is 24.4 Å². The fourth-order valence-electron chi connectivity index (χ4n) is 3.90. The second-order valence-corrected chi connectivity index (χ2v) is 7.51. The number of hydrogen-bond donors (Lipinski definition) is 2. The Kier molecular flexibility index (Phi) is 5.26. The van der Waals surface area contributed by atoms with E-state index in [0.29, 0.717) is 0 Å². The number of aliphatic hydroxyl groups is 2. The molecule has 2 heterocycles. The Hall–Kier alpha value is -1.80. The van der Waals surface area contributed by atoms with Crippen molar-refractivity contribution in [2.75, 3.05) is 13.2 Å². The Bertz CT molecular complexity index is 782. The first-order valence-electron chi connectivity index (χ1n) is 9.52. The summed E-state index contributed by atoms with van der Waals surface area (Å²) in [6.45, 7) is 3.48. The van der Waals surface area contributed by atoms with E-state index in [9.17, 15) is 10.2 Å². The molecule has 2 aliphatic heterocycles. The van der Waals surface area contributed by atoms with Gasteiger partial charge in [0.2, 0.25) is 0 Å². The molecule has 4 rings (SSSR count). The minimum absolute atomic E-state index is 0.274. The number of ether oxygens (including phenoxy) is 4. The Morgan fingerprint density at radius 3 is 2.04 bits per heavy atom. The van der Waals surface area contributed by atoms with Gasteiger partial charge in [0.25, 0.3) is 0 Å². The van der Waals surface area contributed by atoms with Crippen molar-refractivity contribution in [1.82, 2.24) is 0 Å². The highest BCUT2D eigenvalue weighted by Crippen LogP contribution is 2.43. The van der Waals surface area contributed by atoms with Crippen LogP contribution in [0.15, 0.2) is 60.7 Å². The van der Waals surface area contributed by atoms with Crippen LogP contribution in [0.3, 0.4) is 0 Å². The first-order chi connectivity index (χ1) is 13.5. The van der Waals surface area contributed by atoms with Gasteiger partial charge in [-0.2, -0.15) is 0 Å². The van der Waals surface area contributed by atoms with Gasteiger partial charge >= 0.3 is 0 Å². The monoisotopic (exact) mass is 386 g/mol. The maximum atomic E-state index is 10.5. The van der Waals surface area contributed by atoms with Crippen molar-refractivity contribution in [3.8, 4) is 0 Å². The van der Waals surface area contributed by atoms with Gasteiger partial charge in [0, 0.05) is 11.1 Å². The first kappa shape index (κ1) is 19.5. The van der Waals surface area contributed by atoms with Crippen molar-refractivity contribution < 1.29 is 29.2 Å². The number of aliphatic hydroxyl groups excluding tert-OH is 2. The van der Waals surface area contributed by atoms with Crippen LogP contribution in [0.1, 0.15) is 25.0 Å². The van der Waals surface area contributed by atoms with E-state index in [1.165, 1.54) is 0 Å². The first-order valence-corrected chi connectivity index (χ1v) is 9.52. The maximum absolute atomic E-state index is 10.5. The van der Waals surface area contributed by atoms with Crippen LogP contribution < -0.4 is 0 Å². The average molecular weight is 386 g/mol. The summed E-state index contributed by atoms with van der Waals surface area (Å²) in [6.07, 6.45) is -2.95. The van der Waals surface area contributed by atoms with Crippen molar-refractivity contribution in [3.05, 3.63) is 71.8 Å². The molecule has 6 heteroatoms. The summed E-state index contributed by atoms with van der Waals surface area (Å²) in [6, 6.07) is 19.1. The molecule has 2 aromatic rings. The number of benzene rings is 2. The van der Waals surface area contributed by atoms with E-state index in [1.54, 1.807) is 6.92 Å². The molecule has 2 N–H and O–H groups in total. The van der Waals surface area contributed by atoms with Crippen LogP contribution in [0.25, 0.3) is 0 Å². The summed E-state index contributed by atoms with van der Waals surface area (Å²) < 4.78 is 24.8. The molecule has 0 bridgehead atoms. The van der Waals surface area contributed by atoms with Crippen molar-refractivity contribution in [2.45, 2.75) is 49.8 Å². The number of rotatable bonds is 4. The fourth-order valence-corrected chi connectivity index (χ4v) is 3.90. The summed E-state index contributed by atoms with van der Waals surface area (Å²) >= 11 is 0. The zero-order valence-corrected chi connectivity index (χ0v) is 16.0. The lowest BCUT2D eigenvalue weighted by Crippen LogP contribution is -2.64. The van der Waals surface area contributed by atoms with E-state index >= 15 is 0 Å². The van der Waals surface area contributed by atoms with Crippen LogP contribution in [0.5, 0.6) is 0 Å². The number of fused-ring (bicyclic) bond motifs is 1. The van der Waals surface area contributed by atoms with Crippen LogP contribution in [-0.2, 0) is 30.5 Å². The lowest BCUT2D eigenvalue weighted by molar-refractivity contribution is -0.430. The van der Waals surface area contributed by atoms with Gasteiger partial charge in [-0.15, -0.1) is 0 Å². The van der Waals surface area contributed by atoms with Gasteiger partial charge in [0.05, 0.1) is 13.2 Å². The van der Waals surface area contributed by atoms with E-state index in [1.807, 2.05) is 67.6 Å². The molecule has 28 heavy (non-hydrogen) atoms. The molecular formula is C22H26O6. The maximum Gasteiger partial charge on any atom is 0.193 e. The van der Waals surface area contributed by atoms with Crippen LogP contribution in [-0.4, -0.2) is 47.8 Å². The topological polar surface area (TPSA) is 77.4 Å². The molecule has 0 radical (unpaired) electrons. The summed E-state index contributed by atoms with van der Waals surface area (Å²) in [7, 11) is 0. The van der Waals surface area contributed by atoms with E-state index in [0.717, 1.165) is 11.1 Å². The molecule has 6 nitrogen and oxygen atoms in total. The van der Waals surface area contributed by atoms with E-state index in [2.05, 4.69) is 0 Å². The molecule has 0 aromatic heterocycles. The smallest absolute Gasteiger partial charge is 0.193 e. The Morgan fingerprint density at radius 2 is 1.46 bits per heavy atom. The molecule has 0 spiro atoms. The molecule has 0 unspecified atom stereocenters. The van der Waals surface area contributed by atoms with Gasteiger partial charge in [-0.25, -0.2) is 0 Å². The summed E-state index contributed by atoms with van der Waals surface area (Å²) in [4.78, 5) is 0. The lowest BCUT2D eigenvalue weighted by Gasteiger charge is -2.53. The summed E-state index contributed by atoms with van der Waals surface area (Å²) in [5.74, 6) is -2.08. The Balaban J connectivity index is 1.65. The second kappa shape index (κ2) is 7.55. The molecule has 2 saturated heterocycles. The lowest BCUT2D eigenvalue weighted by atomic mass is 9.95. The highest BCUT2D eigenvalue weighted by atomic mass is 16.8. The van der Waals surface area contributed by atoms with Crippen LogP contribution >= 0.6 is 0 Å². The molecule has 2 fully saturated rings. The second-order valence-electron chi connectivity index (χ2n) is 7.51. The minimum Gasteiger partial charge on any atom is -0.394 e. The van der Waals surface area contributed by atoms with Crippen LogP contribution in [0.4, 0.5) is 0 Å². The third kappa shape index (κ3) is 3.48. The van der Waals surface area contributed by atoms with Gasteiger partial charge in [-0.3, -0.25) is 0 Å². The van der Waals surface area contributed by atoms with Crippen molar-refractivity contribution >= 4 is 0 Å². The molecular weight excluding hydrogens is 360 g/mol. The normalized spacial score (nSPS) is 36.5. The van der Waals surface area contributed by atoms with Gasteiger partial charge < -0.3 is 29.2 Å². The van der Waals surface area contributed by atoms with Crippen LogP contribution in [0, 0.1) is 0 Å². The predicted octanol–water partition coefficient (Wildman–Crippen LogP) is 2.28. The molecule has 6 atom stereocenters. The zero-order valence-electron chi connectivity index (χ0n) is 16.0. The minimum atomic E-state index is -1.11. The van der Waals surface area contributed by atoms with E-state index in [-0.39, 0.29) is 6.61 Å². The Labute approximate surface area is 164 Å². The third-order valence-corrected chi connectivity index (χ3v) is 5.47. The zero-order chi connectivity index (χ0) is 19.8. The van der Waals surface area contributed by atoms with Crippen molar-refractivity contribution in [2.24, 2.45) is 0 Å². The number of hydrogen-bond acceptors (Lipinski definition) is 6. The quantitative estimate of drug-likeness (QED) is 0.840. The molecule has 2 aromatic carbocycles. The molecule has 2 aliphatic rings. The Morgan fingerprint density at radius 1 is 0.893 bits per heavy atom. The average Bonchev–Trinajstić information content (AvgIpc) is 2.74. The fraction of sp³-hybridized carbons (Fsp3) is 0.455. The predicted molar refractivity (Wildman–Crippen MR) is 101 cm³/mol. The standard InChI is InChI=1S/C22H26O6/c1-21(15-9-5-3-6-10-15)25-14-18-20(28-21)19(17(24)13-23)27-22(2,26-18)16-11-7-4-8-12-16/h3-12,17-20,23-24H,13-14H2,1-2H3/t17-,18+,19-,20-,21-,22-/m1/s1. The van der Waals surface area contributed by atoms with Gasteiger partial charge in [-0.1, -0.05) is 60.7 Å². The van der Waals surface area contributed by atoms with Crippen LogP contribution in [0.2, 0.25) is 0 Å². The van der Waals surface area contributed by atoms with Gasteiger partial charge in [0.15, 0.2) is 11.6 Å². The van der Waals surface area contributed by atoms with E-state index in [4.69, 9.17) is 18.9 Å². The summed E-state index contributed by atoms with van der Waals surface area (Å²) in [5, 5.41) is 20.1. The van der Waals surface area contributed by atoms with E-state index < -0.39 is 42.6 Å². The third-order valence-electron chi connectivity index (χ3n) is 5.47. The largest absolute Gasteiger partial charge is 0.394 e. The van der Waals surface area contributed by atoms with Crippen molar-refractivity contribution in [3.63, 3.8) is 0 Å². The molecule has 0 aliphatic carbocycles. The molecule has 0 saturated carbocycles. The molecule has 150 valence electrons. The SMILES string of the molecule is C[C@]1(c2ccccc2)O[C@H]([C@H](O)CO)[C@@H]2O[C@](C)(c3ccccc3)OC[C@@H]2O1. The molecule has 0 amide bonds. The summed E-state index contributed by atoms with van der Waals surface area (Å²) in [5.41, 5.74) is 1.68. The van der Waals surface area contributed by atoms with Gasteiger partial charge in [-0.05, 0) is 13.8 Å². The highest BCUT2D eigenvalue weighted by Gasteiger charge is 2.54. The highest BCUT2D eigenvalue weighted by molar-refractivity contribution is 5.22.